The van der Waals surface area contributed by atoms with Gasteiger partial charge in [-0.15, -0.1) is 0 Å². The van der Waals surface area contributed by atoms with Gasteiger partial charge in [0.15, 0.2) is 0 Å². The first kappa shape index (κ1) is 11.5. The molecule has 0 fully saturated rings. The van der Waals surface area contributed by atoms with Crippen LogP contribution in [0, 0.1) is 0 Å². The number of anilines is 1. The summed E-state index contributed by atoms with van der Waals surface area (Å²) < 4.78 is 4.70. The van der Waals surface area contributed by atoms with Crippen LogP contribution in [0.25, 0.3) is 21.5 Å². The molecule has 94 valence electrons. The number of benzene rings is 3. The van der Waals surface area contributed by atoms with Crippen molar-refractivity contribution < 1.29 is 9.53 Å². The first-order valence-corrected chi connectivity index (χ1v) is 6.05. The van der Waals surface area contributed by atoms with Gasteiger partial charge >= 0.3 is 6.09 Å². The van der Waals surface area contributed by atoms with Gasteiger partial charge in [-0.25, -0.2) is 4.79 Å². The fraction of sp³-hybridized carbons (Fsp3) is 0.0625. The molecule has 3 rings (SSSR count). The quantitative estimate of drug-likeness (QED) is 0.659. The van der Waals surface area contributed by atoms with Crippen molar-refractivity contribution in [2.24, 2.45) is 0 Å². The van der Waals surface area contributed by atoms with Crippen LogP contribution in [0.3, 0.4) is 0 Å². The van der Waals surface area contributed by atoms with E-state index in [1.165, 1.54) is 7.11 Å². The van der Waals surface area contributed by atoms with E-state index >= 15 is 0 Å². The zero-order chi connectivity index (χ0) is 13.2. The van der Waals surface area contributed by atoms with Gasteiger partial charge in [0.05, 0.1) is 12.8 Å². The minimum atomic E-state index is -0.457. The summed E-state index contributed by atoms with van der Waals surface area (Å²) in [5, 5.41) is 7.01. The van der Waals surface area contributed by atoms with Crippen LogP contribution in [0.2, 0.25) is 0 Å². The Morgan fingerprint density at radius 3 is 2.00 bits per heavy atom. The molecule has 3 aromatic rings. The molecular formula is C16H13NO2. The largest absolute Gasteiger partial charge is 0.453 e. The minimum absolute atomic E-state index is 0.457. The smallest absolute Gasteiger partial charge is 0.411 e. The highest BCUT2D eigenvalue weighted by Crippen LogP contribution is 2.32. The maximum absolute atomic E-state index is 11.5. The standard InChI is InChI=1S/C16H13NO2/c1-19-16(18)17-15-13-8-4-2-6-11(13)10-12-7-3-5-9-14(12)15/h2-10H,1H3,(H,17,18). The predicted molar refractivity (Wildman–Crippen MR) is 77.5 cm³/mol. The van der Waals surface area contributed by atoms with Gasteiger partial charge in [0.2, 0.25) is 0 Å². The average Bonchev–Trinajstić information content (AvgIpc) is 2.46. The normalized spacial score (nSPS) is 10.6. The molecule has 0 aliphatic rings. The van der Waals surface area contributed by atoms with Crippen LogP contribution in [0.4, 0.5) is 10.5 Å². The van der Waals surface area contributed by atoms with Crippen molar-refractivity contribution in [3.05, 3.63) is 54.6 Å². The van der Waals surface area contributed by atoms with E-state index in [9.17, 15) is 4.79 Å². The molecule has 1 amide bonds. The van der Waals surface area contributed by atoms with Crippen LogP contribution in [0.15, 0.2) is 54.6 Å². The van der Waals surface area contributed by atoms with Crippen molar-refractivity contribution in [1.29, 1.82) is 0 Å². The SMILES string of the molecule is COC(=O)Nc1c2ccccc2cc2ccccc12. The van der Waals surface area contributed by atoms with Crippen LogP contribution < -0.4 is 5.32 Å². The average molecular weight is 251 g/mol. The molecule has 0 bridgehead atoms. The van der Waals surface area contributed by atoms with E-state index in [4.69, 9.17) is 4.74 Å². The van der Waals surface area contributed by atoms with Crippen LogP contribution in [0.5, 0.6) is 0 Å². The third kappa shape index (κ3) is 1.99. The minimum Gasteiger partial charge on any atom is -0.453 e. The lowest BCUT2D eigenvalue weighted by molar-refractivity contribution is 0.187. The van der Waals surface area contributed by atoms with E-state index < -0.39 is 6.09 Å². The van der Waals surface area contributed by atoms with E-state index in [-0.39, 0.29) is 0 Å². The highest BCUT2D eigenvalue weighted by molar-refractivity contribution is 6.14. The summed E-state index contributed by atoms with van der Waals surface area (Å²) in [6, 6.07) is 18.1. The monoisotopic (exact) mass is 251 g/mol. The molecule has 0 unspecified atom stereocenters. The number of hydrogen-bond donors (Lipinski definition) is 1. The number of methoxy groups -OCH3 is 1. The van der Waals surface area contributed by atoms with Gasteiger partial charge in [-0.05, 0) is 16.8 Å². The molecule has 0 aromatic heterocycles. The van der Waals surface area contributed by atoms with Crippen LogP contribution >= 0.6 is 0 Å². The summed E-state index contributed by atoms with van der Waals surface area (Å²) in [7, 11) is 1.36. The Morgan fingerprint density at radius 2 is 1.47 bits per heavy atom. The van der Waals surface area contributed by atoms with Crippen molar-refractivity contribution in [2.45, 2.75) is 0 Å². The van der Waals surface area contributed by atoms with Gasteiger partial charge in [0.25, 0.3) is 0 Å². The van der Waals surface area contributed by atoms with Gasteiger partial charge in [-0.2, -0.15) is 0 Å². The molecule has 0 aliphatic carbocycles. The second-order valence-electron chi connectivity index (χ2n) is 4.31. The van der Waals surface area contributed by atoms with E-state index in [0.717, 1.165) is 27.2 Å². The van der Waals surface area contributed by atoms with E-state index in [1.54, 1.807) is 0 Å². The second-order valence-corrected chi connectivity index (χ2v) is 4.31. The third-order valence-corrected chi connectivity index (χ3v) is 3.18. The first-order valence-electron chi connectivity index (χ1n) is 6.05. The Kier molecular flexibility index (Phi) is 2.80. The zero-order valence-corrected chi connectivity index (χ0v) is 10.5. The topological polar surface area (TPSA) is 38.3 Å². The fourth-order valence-corrected chi connectivity index (χ4v) is 2.30. The molecule has 0 aliphatic heterocycles. The van der Waals surface area contributed by atoms with Gasteiger partial charge in [-0.1, -0.05) is 48.5 Å². The number of carbonyl (C=O) groups excluding carboxylic acids is 1. The summed E-state index contributed by atoms with van der Waals surface area (Å²) in [5.74, 6) is 0. The van der Waals surface area contributed by atoms with E-state index in [0.29, 0.717) is 0 Å². The summed E-state index contributed by atoms with van der Waals surface area (Å²) >= 11 is 0. The van der Waals surface area contributed by atoms with Crippen LogP contribution in [0.1, 0.15) is 0 Å². The lowest BCUT2D eigenvalue weighted by Crippen LogP contribution is -2.11. The van der Waals surface area contributed by atoms with Gasteiger partial charge < -0.3 is 4.74 Å². The number of nitrogens with one attached hydrogen (secondary N) is 1. The Balaban J connectivity index is 2.36. The highest BCUT2D eigenvalue weighted by Gasteiger charge is 2.09. The predicted octanol–water partition coefficient (Wildman–Crippen LogP) is 4.17. The second kappa shape index (κ2) is 4.61. The third-order valence-electron chi connectivity index (χ3n) is 3.18. The lowest BCUT2D eigenvalue weighted by Gasteiger charge is -2.11. The maximum Gasteiger partial charge on any atom is 0.411 e. The molecule has 0 saturated heterocycles. The van der Waals surface area contributed by atoms with Crippen molar-refractivity contribution in [2.75, 3.05) is 12.4 Å². The summed E-state index contributed by atoms with van der Waals surface area (Å²) in [5.41, 5.74) is 0.792. The number of rotatable bonds is 1. The number of fused-ring (bicyclic) bond motifs is 2. The molecule has 3 heteroatoms. The van der Waals surface area contributed by atoms with Gasteiger partial charge in [0.1, 0.15) is 0 Å². The summed E-state index contributed by atoms with van der Waals surface area (Å²) in [6.45, 7) is 0. The molecule has 0 spiro atoms. The van der Waals surface area contributed by atoms with Crippen molar-refractivity contribution in [3.8, 4) is 0 Å². The van der Waals surface area contributed by atoms with Crippen LogP contribution in [-0.4, -0.2) is 13.2 Å². The Bertz CT molecular complexity index is 711. The Labute approximate surface area is 110 Å². The molecule has 3 aromatic carbocycles. The molecule has 19 heavy (non-hydrogen) atoms. The Morgan fingerprint density at radius 1 is 0.947 bits per heavy atom. The maximum atomic E-state index is 11.5. The number of ether oxygens (including phenoxy) is 1. The van der Waals surface area contributed by atoms with Gasteiger partial charge in [0, 0.05) is 10.8 Å². The molecule has 0 saturated carbocycles. The first-order chi connectivity index (χ1) is 9.29. The van der Waals surface area contributed by atoms with E-state index in [2.05, 4.69) is 11.4 Å². The fourth-order valence-electron chi connectivity index (χ4n) is 2.30. The molecule has 0 radical (unpaired) electrons. The molecule has 3 nitrogen and oxygen atoms in total. The summed E-state index contributed by atoms with van der Waals surface area (Å²) in [4.78, 5) is 11.5. The molecule has 0 heterocycles. The highest BCUT2D eigenvalue weighted by atomic mass is 16.5. The van der Waals surface area contributed by atoms with Crippen molar-refractivity contribution in [1.82, 2.24) is 0 Å². The molecule has 1 N–H and O–H groups in total. The summed E-state index contributed by atoms with van der Waals surface area (Å²) in [6.07, 6.45) is -0.457. The number of amides is 1. The Hall–Kier alpha value is -2.55. The van der Waals surface area contributed by atoms with Crippen LogP contribution in [-0.2, 0) is 4.74 Å². The number of hydrogen-bond acceptors (Lipinski definition) is 2. The zero-order valence-electron chi connectivity index (χ0n) is 10.5. The lowest BCUT2D eigenvalue weighted by atomic mass is 10.0. The molecular weight excluding hydrogens is 238 g/mol. The van der Waals surface area contributed by atoms with Crippen molar-refractivity contribution in [3.63, 3.8) is 0 Å². The van der Waals surface area contributed by atoms with E-state index in [1.807, 2.05) is 48.5 Å². The number of carbonyl (C=O) groups is 1. The van der Waals surface area contributed by atoms with Crippen molar-refractivity contribution >= 4 is 33.3 Å². The molecule has 0 atom stereocenters. The van der Waals surface area contributed by atoms with Gasteiger partial charge in [-0.3, -0.25) is 5.32 Å².